The molecule has 0 saturated carbocycles. The van der Waals surface area contributed by atoms with Crippen LogP contribution >= 0.6 is 12.4 Å². The van der Waals surface area contributed by atoms with Crippen LogP contribution in [-0.2, 0) is 6.54 Å². The molecule has 4 heterocycles. The first kappa shape index (κ1) is 22.4. The number of amides is 1. The van der Waals surface area contributed by atoms with Gasteiger partial charge < -0.3 is 14.3 Å². The molecule has 2 aromatic heterocycles. The van der Waals surface area contributed by atoms with Crippen LogP contribution in [0, 0.1) is 0 Å². The summed E-state index contributed by atoms with van der Waals surface area (Å²) in [4.78, 5) is 28.8. The van der Waals surface area contributed by atoms with Crippen molar-refractivity contribution in [3.63, 3.8) is 0 Å². The lowest BCUT2D eigenvalue weighted by atomic mass is 10.1. The summed E-state index contributed by atoms with van der Waals surface area (Å²) < 4.78 is 7.57. The summed E-state index contributed by atoms with van der Waals surface area (Å²) >= 11 is 0. The zero-order valence-electron chi connectivity index (χ0n) is 18.6. The zero-order chi connectivity index (χ0) is 21.5. The first-order valence-electron chi connectivity index (χ1n) is 10.7. The monoisotopic (exact) mass is 457 g/mol. The third-order valence-electron chi connectivity index (χ3n) is 6.04. The molecule has 0 aliphatic carbocycles. The summed E-state index contributed by atoms with van der Waals surface area (Å²) in [5, 5.41) is 4.23. The molecule has 0 bridgehead atoms. The number of fused-ring (bicyclic) bond motifs is 5. The smallest absolute Gasteiger partial charge is 0.256 e. The highest BCUT2D eigenvalue weighted by Gasteiger charge is 2.39. The molecule has 3 aromatic rings. The quantitative estimate of drug-likeness (QED) is 0.562. The molecule has 32 heavy (non-hydrogen) atoms. The van der Waals surface area contributed by atoms with Crippen LogP contribution in [0.5, 0.6) is 0 Å². The van der Waals surface area contributed by atoms with Crippen molar-refractivity contribution in [2.45, 2.75) is 25.4 Å². The van der Waals surface area contributed by atoms with Crippen LogP contribution in [0.3, 0.4) is 0 Å². The van der Waals surface area contributed by atoms with Crippen LogP contribution in [0.1, 0.15) is 40.8 Å². The van der Waals surface area contributed by atoms with Crippen molar-refractivity contribution in [3.8, 4) is 17.2 Å². The molecule has 1 fully saturated rings. The third-order valence-corrected chi connectivity index (χ3v) is 6.04. The number of rotatable bonds is 6. The molecule has 0 radical (unpaired) electrons. The highest BCUT2D eigenvalue weighted by atomic mass is 35.5. The Morgan fingerprint density at radius 2 is 2.00 bits per heavy atom. The normalized spacial score (nSPS) is 17.2. The van der Waals surface area contributed by atoms with Gasteiger partial charge in [0.05, 0.1) is 29.5 Å². The van der Waals surface area contributed by atoms with Crippen molar-refractivity contribution >= 4 is 18.3 Å². The van der Waals surface area contributed by atoms with Gasteiger partial charge >= 0.3 is 0 Å². The lowest BCUT2D eigenvalue weighted by molar-refractivity contribution is 0.0739. The summed E-state index contributed by atoms with van der Waals surface area (Å²) in [5.74, 6) is 1.11. The number of likely N-dealkylation sites (N-methyl/N-ethyl adjacent to an activating group) is 2. The summed E-state index contributed by atoms with van der Waals surface area (Å²) in [6.07, 6.45) is 3.64. The van der Waals surface area contributed by atoms with Gasteiger partial charge in [-0.3, -0.25) is 14.3 Å². The van der Waals surface area contributed by atoms with Crippen molar-refractivity contribution in [1.82, 2.24) is 34.4 Å². The summed E-state index contributed by atoms with van der Waals surface area (Å²) in [6, 6.07) is 7.66. The van der Waals surface area contributed by atoms with E-state index in [1.54, 1.807) is 6.33 Å². The number of carbonyl (C=O) groups excluding carboxylic acids is 1. The molecule has 5 rings (SSSR count). The number of halogens is 1. The Labute approximate surface area is 193 Å². The van der Waals surface area contributed by atoms with Gasteiger partial charge in [-0.2, -0.15) is 4.98 Å². The molecule has 0 N–H and O–H groups in total. The Bertz CT molecular complexity index is 1110. The molecule has 10 heteroatoms. The lowest BCUT2D eigenvalue weighted by Crippen LogP contribution is -2.29. The van der Waals surface area contributed by atoms with E-state index >= 15 is 0 Å². The maximum atomic E-state index is 13.2. The Morgan fingerprint density at radius 3 is 2.81 bits per heavy atom. The minimum Gasteiger partial charge on any atom is -0.337 e. The summed E-state index contributed by atoms with van der Waals surface area (Å²) in [7, 11) is 6.14. The number of para-hydroxylation sites is 1. The van der Waals surface area contributed by atoms with E-state index < -0.39 is 0 Å². The first-order valence-corrected chi connectivity index (χ1v) is 10.7. The number of nitrogens with zero attached hydrogens (tertiary/aromatic N) is 7. The molecule has 0 unspecified atom stereocenters. The second-order valence-electron chi connectivity index (χ2n) is 8.57. The van der Waals surface area contributed by atoms with Gasteiger partial charge in [0, 0.05) is 19.6 Å². The number of benzene rings is 1. The maximum Gasteiger partial charge on any atom is 0.256 e. The molecule has 1 aromatic carbocycles. The maximum absolute atomic E-state index is 13.2. The highest BCUT2D eigenvalue weighted by molar-refractivity contribution is 5.99. The molecule has 1 atom stereocenters. The zero-order valence-corrected chi connectivity index (χ0v) is 19.4. The molecule has 2 aliphatic rings. The topological polar surface area (TPSA) is 83.5 Å². The van der Waals surface area contributed by atoms with Crippen LogP contribution in [0.15, 0.2) is 35.1 Å². The average Bonchev–Trinajstić information content (AvgIpc) is 3.49. The molecular formula is C22H28ClN7O2. The lowest BCUT2D eigenvalue weighted by Gasteiger charge is -2.22. The molecular weight excluding hydrogens is 430 g/mol. The van der Waals surface area contributed by atoms with Gasteiger partial charge in [0.1, 0.15) is 12.0 Å². The average molecular weight is 458 g/mol. The molecule has 9 nitrogen and oxygen atoms in total. The van der Waals surface area contributed by atoms with E-state index in [9.17, 15) is 4.79 Å². The minimum absolute atomic E-state index is 0. The van der Waals surface area contributed by atoms with Crippen molar-refractivity contribution in [3.05, 3.63) is 47.7 Å². The summed E-state index contributed by atoms with van der Waals surface area (Å²) in [5.41, 5.74) is 3.20. The van der Waals surface area contributed by atoms with E-state index in [-0.39, 0.29) is 24.4 Å². The Morgan fingerprint density at radius 1 is 1.19 bits per heavy atom. The number of imidazole rings is 1. The van der Waals surface area contributed by atoms with Gasteiger partial charge in [0.15, 0.2) is 0 Å². The van der Waals surface area contributed by atoms with Gasteiger partial charge in [-0.1, -0.05) is 17.3 Å². The van der Waals surface area contributed by atoms with E-state index in [4.69, 9.17) is 4.52 Å². The number of carbonyl (C=O) groups is 1. The molecule has 1 saturated heterocycles. The molecule has 2 aliphatic heterocycles. The van der Waals surface area contributed by atoms with Crippen LogP contribution in [0.2, 0.25) is 0 Å². The molecule has 170 valence electrons. The van der Waals surface area contributed by atoms with Gasteiger partial charge in [-0.15, -0.1) is 12.4 Å². The Balaban J connectivity index is 0.00000245. The van der Waals surface area contributed by atoms with E-state index in [0.717, 1.165) is 43.9 Å². The van der Waals surface area contributed by atoms with E-state index in [0.29, 0.717) is 29.5 Å². The standard InChI is InChI=1S/C22H27N7O2.ClH/c1-26(2)11-12-27(3)13-18-24-21(25-31-18)19-20-17-9-6-10-28(17)22(30)15-7-4-5-8-16(15)29(20)14-23-19;/h4-5,7-8,14,17H,6,9-13H2,1-3H3;1H/t17-;/m0./s1. The first-order chi connectivity index (χ1) is 15.0. The second-order valence-corrected chi connectivity index (χ2v) is 8.57. The minimum atomic E-state index is -0.0397. The van der Waals surface area contributed by atoms with Crippen LogP contribution < -0.4 is 0 Å². The fourth-order valence-electron chi connectivity index (χ4n) is 4.45. The predicted octanol–water partition coefficient (Wildman–Crippen LogP) is 2.63. The van der Waals surface area contributed by atoms with Gasteiger partial charge in [-0.25, -0.2) is 4.98 Å². The van der Waals surface area contributed by atoms with Crippen LogP contribution in [0.25, 0.3) is 17.2 Å². The Kier molecular flexibility index (Phi) is 6.32. The number of hydrogen-bond donors (Lipinski definition) is 0. The number of aromatic nitrogens is 4. The fraction of sp³-hybridized carbons (Fsp3) is 0.455. The van der Waals surface area contributed by atoms with Gasteiger partial charge in [-0.05, 0) is 46.1 Å². The van der Waals surface area contributed by atoms with E-state index in [1.807, 2.05) is 40.8 Å². The van der Waals surface area contributed by atoms with Gasteiger partial charge in [0.2, 0.25) is 11.7 Å². The Hall–Kier alpha value is -2.75. The highest BCUT2D eigenvalue weighted by Crippen LogP contribution is 2.41. The molecule has 1 amide bonds. The van der Waals surface area contributed by atoms with Crippen molar-refractivity contribution in [2.75, 3.05) is 40.8 Å². The largest absolute Gasteiger partial charge is 0.337 e. The number of hydrogen-bond acceptors (Lipinski definition) is 7. The van der Waals surface area contributed by atoms with E-state index in [1.165, 1.54) is 0 Å². The van der Waals surface area contributed by atoms with Crippen molar-refractivity contribution < 1.29 is 9.32 Å². The van der Waals surface area contributed by atoms with Crippen LogP contribution in [0.4, 0.5) is 0 Å². The third kappa shape index (κ3) is 3.92. The second kappa shape index (κ2) is 9.01. The van der Waals surface area contributed by atoms with Gasteiger partial charge in [0.25, 0.3) is 5.91 Å². The fourth-order valence-corrected chi connectivity index (χ4v) is 4.45. The van der Waals surface area contributed by atoms with Crippen molar-refractivity contribution in [2.24, 2.45) is 0 Å². The van der Waals surface area contributed by atoms with Crippen LogP contribution in [-0.4, -0.2) is 81.1 Å². The predicted molar refractivity (Wildman–Crippen MR) is 122 cm³/mol. The molecule has 0 spiro atoms. The summed E-state index contributed by atoms with van der Waals surface area (Å²) in [6.45, 7) is 3.18. The van der Waals surface area contributed by atoms with Crippen molar-refractivity contribution in [1.29, 1.82) is 0 Å². The van der Waals surface area contributed by atoms with E-state index in [2.05, 4.69) is 39.0 Å². The SMILES string of the molecule is CN(C)CCN(C)Cc1nc(-c2ncn3c2[C@@H]2CCCN2C(=O)c2ccccc2-3)no1.Cl.